The average Bonchev–Trinajstić information content (AvgIpc) is 2.93. The van der Waals surface area contributed by atoms with Crippen LogP contribution in [-0.2, 0) is 0 Å². The Morgan fingerprint density at radius 2 is 1.60 bits per heavy atom. The summed E-state index contributed by atoms with van der Waals surface area (Å²) in [7, 11) is 0. The van der Waals surface area contributed by atoms with Crippen molar-refractivity contribution in [2.45, 2.75) is 59.2 Å². The van der Waals surface area contributed by atoms with Crippen LogP contribution in [0, 0.1) is 5.41 Å². The predicted octanol–water partition coefficient (Wildman–Crippen LogP) is 3.69. The summed E-state index contributed by atoms with van der Waals surface area (Å²) in [5, 5.41) is 4.20. The van der Waals surface area contributed by atoms with Gasteiger partial charge in [-0.3, -0.25) is 4.99 Å². The molecule has 1 fully saturated rings. The van der Waals surface area contributed by atoms with E-state index in [-0.39, 0.29) is 23.0 Å². The first-order valence-corrected chi connectivity index (χ1v) is 11.0. The van der Waals surface area contributed by atoms with E-state index in [1.54, 1.807) is 0 Å². The van der Waals surface area contributed by atoms with Crippen molar-refractivity contribution in [3.8, 4) is 5.75 Å². The van der Waals surface area contributed by atoms with Crippen LogP contribution in [-0.4, -0.2) is 34.0 Å². The topological polar surface area (TPSA) is 38.5 Å². The molecule has 4 nitrogen and oxygen atoms in total. The van der Waals surface area contributed by atoms with Crippen LogP contribution in [0.15, 0.2) is 60.7 Å². The number of hydrogen-bond acceptors (Lipinski definition) is 2. The van der Waals surface area contributed by atoms with Gasteiger partial charge in [0.05, 0.1) is 6.04 Å². The Morgan fingerprint density at radius 1 is 1.03 bits per heavy atom. The maximum absolute atomic E-state index is 6.09. The first kappa shape index (κ1) is 22.3. The van der Waals surface area contributed by atoms with E-state index in [2.05, 4.69) is 81.0 Å². The number of hydrogen-bond donors (Lipinski definition) is 2. The smallest absolute Gasteiger partial charge is 0.275 e. The highest BCUT2D eigenvalue weighted by Crippen LogP contribution is 2.31. The van der Waals surface area contributed by atoms with Crippen molar-refractivity contribution in [2.75, 3.05) is 6.61 Å². The molecule has 5 heteroatoms. The van der Waals surface area contributed by atoms with Gasteiger partial charge in [-0.2, -0.15) is 0 Å². The van der Waals surface area contributed by atoms with Crippen molar-refractivity contribution in [3.63, 3.8) is 0 Å². The third-order valence-electron chi connectivity index (χ3n) is 5.86. The van der Waals surface area contributed by atoms with Gasteiger partial charge in [0.25, 0.3) is 10.9 Å². The van der Waals surface area contributed by atoms with E-state index >= 15 is 0 Å². The molecule has 1 aliphatic rings. The average molecular weight is 425 g/mol. The van der Waals surface area contributed by atoms with Crippen LogP contribution in [0.4, 0.5) is 0 Å². The molecule has 0 amide bonds. The van der Waals surface area contributed by atoms with E-state index < -0.39 is 0 Å². The Hall–Kier alpha value is -2.40. The molecule has 160 valence electrons. The van der Waals surface area contributed by atoms with Gasteiger partial charge in [-0.25, -0.2) is 5.32 Å². The molecule has 30 heavy (non-hydrogen) atoms. The Morgan fingerprint density at radius 3 is 2.17 bits per heavy atom. The second-order valence-electron chi connectivity index (χ2n) is 9.51. The van der Waals surface area contributed by atoms with Crippen LogP contribution in [0.3, 0.4) is 0 Å². The molecule has 0 spiro atoms. The lowest BCUT2D eigenvalue weighted by molar-refractivity contribution is -0.529. The molecule has 2 unspecified atom stereocenters. The lowest BCUT2D eigenvalue weighted by Gasteiger charge is -2.34. The fourth-order valence-corrected chi connectivity index (χ4v) is 4.31. The number of thiocarbonyl (C=S) groups is 1. The molecule has 0 radical (unpaired) electrons. The quantitative estimate of drug-likeness (QED) is 0.694. The van der Waals surface area contributed by atoms with Gasteiger partial charge in [-0.05, 0) is 50.7 Å². The SMILES string of the molecule is CC(c1ccccc1)N1C(=S)NC(=[NH+]C(COc2ccccc2)C(C)(C)C)C1(C)C. The number of ether oxygens (including phenoxy) is 1. The van der Waals surface area contributed by atoms with Crippen LogP contribution in [0.2, 0.25) is 0 Å². The highest BCUT2D eigenvalue weighted by Gasteiger charge is 2.50. The molecule has 1 heterocycles. The van der Waals surface area contributed by atoms with E-state index in [9.17, 15) is 0 Å². The van der Waals surface area contributed by atoms with E-state index in [0.29, 0.717) is 6.61 Å². The van der Waals surface area contributed by atoms with Gasteiger partial charge in [0, 0.05) is 5.41 Å². The molecular weight excluding hydrogens is 390 g/mol. The van der Waals surface area contributed by atoms with Gasteiger partial charge < -0.3 is 9.64 Å². The van der Waals surface area contributed by atoms with Crippen molar-refractivity contribution in [3.05, 3.63) is 66.2 Å². The standard InChI is InChI=1S/C25H33N3OS/c1-18(19-13-9-7-10-14-19)28-23(30)27-22(25(28,5)6)26-21(24(2,3)4)17-29-20-15-11-8-12-16-20/h7-16,18,21H,17H2,1-6H3,(H,26,27,30)/p+1. The number of para-hydroxylation sites is 1. The summed E-state index contributed by atoms with van der Waals surface area (Å²) in [6, 6.07) is 20.7. The van der Waals surface area contributed by atoms with Gasteiger partial charge in [0.2, 0.25) is 0 Å². The minimum Gasteiger partial charge on any atom is -0.489 e. The molecule has 0 aliphatic carbocycles. The van der Waals surface area contributed by atoms with E-state index in [1.807, 2.05) is 36.4 Å². The molecule has 2 aromatic carbocycles. The third-order valence-corrected chi connectivity index (χ3v) is 6.16. The predicted molar refractivity (Wildman–Crippen MR) is 128 cm³/mol. The molecule has 2 N–H and O–H groups in total. The Balaban J connectivity index is 1.85. The van der Waals surface area contributed by atoms with Crippen molar-refractivity contribution in [2.24, 2.45) is 5.41 Å². The van der Waals surface area contributed by atoms with E-state index in [1.165, 1.54) is 5.56 Å². The van der Waals surface area contributed by atoms with Crippen LogP contribution in [0.1, 0.15) is 53.1 Å². The van der Waals surface area contributed by atoms with Gasteiger partial charge >= 0.3 is 0 Å². The van der Waals surface area contributed by atoms with Gasteiger partial charge in [0.1, 0.15) is 23.9 Å². The Bertz CT molecular complexity index is 888. The molecule has 0 bridgehead atoms. The second-order valence-corrected chi connectivity index (χ2v) is 9.89. The molecule has 3 rings (SSSR count). The van der Waals surface area contributed by atoms with Gasteiger partial charge in [0.15, 0.2) is 0 Å². The molecule has 1 aliphatic heterocycles. The lowest BCUT2D eigenvalue weighted by atomic mass is 9.87. The fourth-order valence-electron chi connectivity index (χ4n) is 3.83. The normalized spacial score (nSPS) is 19.5. The fraction of sp³-hybridized carbons (Fsp3) is 0.440. The summed E-state index contributed by atoms with van der Waals surface area (Å²) in [6.07, 6.45) is 0. The Kier molecular flexibility index (Phi) is 6.51. The zero-order chi connectivity index (χ0) is 21.9. The molecule has 0 saturated carbocycles. The minimum absolute atomic E-state index is 0.000372. The summed E-state index contributed by atoms with van der Waals surface area (Å²) >= 11 is 5.75. The van der Waals surface area contributed by atoms with Crippen LogP contribution in [0.5, 0.6) is 5.75 Å². The number of nitrogens with zero attached hydrogens (tertiary/aromatic N) is 1. The monoisotopic (exact) mass is 424 g/mol. The van der Waals surface area contributed by atoms with Crippen molar-refractivity contribution < 1.29 is 9.73 Å². The number of benzene rings is 2. The first-order valence-electron chi connectivity index (χ1n) is 10.6. The van der Waals surface area contributed by atoms with Crippen LogP contribution in [0.25, 0.3) is 0 Å². The highest BCUT2D eigenvalue weighted by molar-refractivity contribution is 7.80. The van der Waals surface area contributed by atoms with Gasteiger partial charge in [-0.15, -0.1) is 0 Å². The second kappa shape index (κ2) is 8.76. The van der Waals surface area contributed by atoms with Gasteiger partial charge in [-0.1, -0.05) is 69.3 Å². The Labute approximate surface area is 186 Å². The van der Waals surface area contributed by atoms with Crippen LogP contribution >= 0.6 is 12.2 Å². The number of nitrogens with one attached hydrogen (secondary N) is 2. The summed E-state index contributed by atoms with van der Waals surface area (Å²) in [5.74, 6) is 1.90. The summed E-state index contributed by atoms with van der Waals surface area (Å²) in [4.78, 5) is 6.01. The summed E-state index contributed by atoms with van der Waals surface area (Å²) in [5.41, 5.74) is 0.957. The molecule has 1 saturated heterocycles. The van der Waals surface area contributed by atoms with E-state index in [0.717, 1.165) is 16.7 Å². The zero-order valence-electron chi connectivity index (χ0n) is 18.9. The summed E-state index contributed by atoms with van der Waals surface area (Å²) in [6.45, 7) is 13.9. The maximum Gasteiger partial charge on any atom is 0.275 e. The maximum atomic E-state index is 6.09. The third kappa shape index (κ3) is 4.84. The minimum atomic E-state index is -0.289. The van der Waals surface area contributed by atoms with E-state index in [4.69, 9.17) is 17.0 Å². The lowest BCUT2D eigenvalue weighted by Crippen LogP contribution is -2.88. The molecule has 0 aromatic heterocycles. The largest absolute Gasteiger partial charge is 0.489 e. The highest BCUT2D eigenvalue weighted by atomic mass is 32.1. The van der Waals surface area contributed by atoms with Crippen LogP contribution < -0.4 is 15.0 Å². The first-order chi connectivity index (χ1) is 14.1. The molecule has 2 aromatic rings. The van der Waals surface area contributed by atoms with Crippen molar-refractivity contribution in [1.29, 1.82) is 0 Å². The van der Waals surface area contributed by atoms with Crippen molar-refractivity contribution >= 4 is 23.2 Å². The molecule has 2 atom stereocenters. The number of rotatable bonds is 6. The zero-order valence-corrected chi connectivity index (χ0v) is 19.7. The van der Waals surface area contributed by atoms with Crippen molar-refractivity contribution in [1.82, 2.24) is 10.2 Å². The number of amidine groups is 1. The summed E-state index contributed by atoms with van der Waals surface area (Å²) < 4.78 is 6.09. The molecular formula is C25H34N3OS+.